The van der Waals surface area contributed by atoms with Gasteiger partial charge in [-0.15, -0.1) is 0 Å². The lowest BCUT2D eigenvalue weighted by Gasteiger charge is -2.16. The summed E-state index contributed by atoms with van der Waals surface area (Å²) in [6.07, 6.45) is 3.26. The molecule has 0 saturated heterocycles. The Hall–Kier alpha value is -0.0800. The summed E-state index contributed by atoms with van der Waals surface area (Å²) >= 11 is 0. The lowest BCUT2D eigenvalue weighted by atomic mass is 10.0. The molecule has 2 nitrogen and oxygen atoms in total. The van der Waals surface area contributed by atoms with Crippen LogP contribution in [0, 0.1) is 5.92 Å². The molecule has 0 aromatic carbocycles. The van der Waals surface area contributed by atoms with Crippen molar-refractivity contribution in [3.8, 4) is 0 Å². The predicted octanol–water partition coefficient (Wildman–Crippen LogP) is 1.82. The molecular weight excluding hydrogens is 140 g/mol. The molecular formula is C9H20O2. The number of hydrogen-bond donors (Lipinski definition) is 1. The molecule has 1 atom stereocenters. The Morgan fingerprint density at radius 1 is 1.36 bits per heavy atom. The second kappa shape index (κ2) is 6.62. The molecule has 0 rings (SSSR count). The van der Waals surface area contributed by atoms with E-state index in [2.05, 4.69) is 13.8 Å². The van der Waals surface area contributed by atoms with Gasteiger partial charge in [-0.05, 0) is 25.2 Å². The Bertz CT molecular complexity index is 81.6. The first-order chi connectivity index (χ1) is 5.20. The summed E-state index contributed by atoms with van der Waals surface area (Å²) in [5.74, 6) is 0.679. The minimum Gasteiger partial charge on any atom is -0.396 e. The molecule has 0 aliphatic rings. The predicted molar refractivity (Wildman–Crippen MR) is 46.6 cm³/mol. The quantitative estimate of drug-likeness (QED) is 0.642. The van der Waals surface area contributed by atoms with Gasteiger partial charge in [-0.2, -0.15) is 0 Å². The van der Waals surface area contributed by atoms with Crippen LogP contribution < -0.4 is 0 Å². The summed E-state index contributed by atoms with van der Waals surface area (Å²) in [6, 6.07) is 0. The highest BCUT2D eigenvalue weighted by Crippen LogP contribution is 2.11. The fraction of sp³-hybridized carbons (Fsp3) is 1.00. The van der Waals surface area contributed by atoms with Crippen molar-refractivity contribution in [2.75, 3.05) is 13.7 Å². The third-order valence-electron chi connectivity index (χ3n) is 1.75. The molecule has 0 aromatic heterocycles. The number of aliphatic hydroxyl groups excluding tert-OH is 1. The van der Waals surface area contributed by atoms with Crippen molar-refractivity contribution in [1.29, 1.82) is 0 Å². The van der Waals surface area contributed by atoms with Crippen molar-refractivity contribution in [2.24, 2.45) is 5.92 Å². The highest BCUT2D eigenvalue weighted by atomic mass is 16.5. The second-order valence-corrected chi connectivity index (χ2v) is 3.35. The Morgan fingerprint density at radius 3 is 2.36 bits per heavy atom. The summed E-state index contributed by atoms with van der Waals surface area (Å²) < 4.78 is 5.25. The average Bonchev–Trinajstić information content (AvgIpc) is 1.97. The topological polar surface area (TPSA) is 29.5 Å². The van der Waals surface area contributed by atoms with Gasteiger partial charge in [-0.3, -0.25) is 0 Å². The van der Waals surface area contributed by atoms with Crippen molar-refractivity contribution in [2.45, 2.75) is 39.2 Å². The lowest BCUT2D eigenvalue weighted by Crippen LogP contribution is -2.13. The van der Waals surface area contributed by atoms with Gasteiger partial charge in [0.1, 0.15) is 0 Å². The van der Waals surface area contributed by atoms with E-state index in [-0.39, 0.29) is 6.61 Å². The van der Waals surface area contributed by atoms with E-state index in [1.54, 1.807) is 7.11 Å². The van der Waals surface area contributed by atoms with Crippen molar-refractivity contribution in [3.63, 3.8) is 0 Å². The van der Waals surface area contributed by atoms with Crippen LogP contribution in [0.25, 0.3) is 0 Å². The minimum atomic E-state index is 0.276. The Balaban J connectivity index is 3.41. The second-order valence-electron chi connectivity index (χ2n) is 3.35. The molecule has 0 amide bonds. The molecule has 0 fully saturated rings. The fourth-order valence-corrected chi connectivity index (χ4v) is 1.18. The standard InChI is InChI=1S/C9H20O2/c1-8(2)7-9(11-3)5-4-6-10/h8-10H,4-7H2,1-3H3. The Labute approximate surface area is 69.6 Å². The molecule has 68 valence electrons. The van der Waals surface area contributed by atoms with Gasteiger partial charge in [0.15, 0.2) is 0 Å². The number of rotatable bonds is 6. The van der Waals surface area contributed by atoms with Crippen LogP contribution in [0.4, 0.5) is 0 Å². The maximum Gasteiger partial charge on any atom is 0.0574 e. The first kappa shape index (κ1) is 10.9. The number of aliphatic hydroxyl groups is 1. The molecule has 2 heteroatoms. The maximum absolute atomic E-state index is 8.59. The molecule has 0 radical (unpaired) electrons. The maximum atomic E-state index is 8.59. The van der Waals surface area contributed by atoms with E-state index in [0.717, 1.165) is 19.3 Å². The zero-order chi connectivity index (χ0) is 8.69. The van der Waals surface area contributed by atoms with Crippen LogP contribution in [0.15, 0.2) is 0 Å². The van der Waals surface area contributed by atoms with Gasteiger partial charge in [0, 0.05) is 13.7 Å². The zero-order valence-electron chi connectivity index (χ0n) is 7.84. The van der Waals surface area contributed by atoms with Crippen molar-refractivity contribution in [3.05, 3.63) is 0 Å². The van der Waals surface area contributed by atoms with E-state index in [9.17, 15) is 0 Å². The van der Waals surface area contributed by atoms with Gasteiger partial charge >= 0.3 is 0 Å². The summed E-state index contributed by atoms with van der Waals surface area (Å²) in [4.78, 5) is 0. The lowest BCUT2D eigenvalue weighted by molar-refractivity contribution is 0.0710. The minimum absolute atomic E-state index is 0.276. The molecule has 0 aromatic rings. The highest BCUT2D eigenvalue weighted by molar-refractivity contribution is 4.59. The first-order valence-electron chi connectivity index (χ1n) is 4.34. The molecule has 0 aliphatic carbocycles. The van der Waals surface area contributed by atoms with Gasteiger partial charge in [-0.1, -0.05) is 13.8 Å². The van der Waals surface area contributed by atoms with E-state index < -0.39 is 0 Å². The van der Waals surface area contributed by atoms with Crippen LogP contribution in [-0.2, 0) is 4.74 Å². The van der Waals surface area contributed by atoms with Crippen molar-refractivity contribution < 1.29 is 9.84 Å². The van der Waals surface area contributed by atoms with Crippen LogP contribution in [0.2, 0.25) is 0 Å². The normalized spacial score (nSPS) is 13.9. The Kier molecular flexibility index (Phi) is 6.57. The van der Waals surface area contributed by atoms with E-state index >= 15 is 0 Å². The third-order valence-corrected chi connectivity index (χ3v) is 1.75. The first-order valence-corrected chi connectivity index (χ1v) is 4.34. The van der Waals surface area contributed by atoms with Gasteiger partial charge < -0.3 is 9.84 Å². The fourth-order valence-electron chi connectivity index (χ4n) is 1.18. The smallest absolute Gasteiger partial charge is 0.0574 e. The van der Waals surface area contributed by atoms with Gasteiger partial charge in [-0.25, -0.2) is 0 Å². The molecule has 0 aliphatic heterocycles. The van der Waals surface area contributed by atoms with Crippen LogP contribution in [-0.4, -0.2) is 24.9 Å². The average molecular weight is 160 g/mol. The monoisotopic (exact) mass is 160 g/mol. The van der Waals surface area contributed by atoms with E-state index in [0.29, 0.717) is 12.0 Å². The van der Waals surface area contributed by atoms with Crippen molar-refractivity contribution in [1.82, 2.24) is 0 Å². The van der Waals surface area contributed by atoms with E-state index in [1.165, 1.54) is 0 Å². The molecule has 0 spiro atoms. The van der Waals surface area contributed by atoms with E-state index in [4.69, 9.17) is 9.84 Å². The van der Waals surface area contributed by atoms with Crippen LogP contribution >= 0.6 is 0 Å². The van der Waals surface area contributed by atoms with Crippen LogP contribution in [0.3, 0.4) is 0 Å². The number of hydrogen-bond acceptors (Lipinski definition) is 2. The molecule has 0 bridgehead atoms. The zero-order valence-corrected chi connectivity index (χ0v) is 7.84. The summed E-state index contributed by atoms with van der Waals surface area (Å²) in [6.45, 7) is 4.65. The largest absolute Gasteiger partial charge is 0.396 e. The summed E-state index contributed by atoms with van der Waals surface area (Å²) in [5.41, 5.74) is 0. The number of ether oxygens (including phenoxy) is 1. The van der Waals surface area contributed by atoms with E-state index in [1.807, 2.05) is 0 Å². The molecule has 0 heterocycles. The van der Waals surface area contributed by atoms with Gasteiger partial charge in [0.05, 0.1) is 6.10 Å². The van der Waals surface area contributed by atoms with Crippen molar-refractivity contribution >= 4 is 0 Å². The third kappa shape index (κ3) is 6.32. The van der Waals surface area contributed by atoms with Crippen LogP contribution in [0.1, 0.15) is 33.1 Å². The molecule has 1 N–H and O–H groups in total. The summed E-state index contributed by atoms with van der Waals surface area (Å²) in [5, 5.41) is 8.59. The Morgan fingerprint density at radius 2 is 2.00 bits per heavy atom. The van der Waals surface area contributed by atoms with Gasteiger partial charge in [0.2, 0.25) is 0 Å². The summed E-state index contributed by atoms with van der Waals surface area (Å²) in [7, 11) is 1.74. The SMILES string of the molecule is COC(CCCO)CC(C)C. The highest BCUT2D eigenvalue weighted by Gasteiger charge is 2.08. The van der Waals surface area contributed by atoms with Gasteiger partial charge in [0.25, 0.3) is 0 Å². The molecule has 1 unspecified atom stereocenters. The molecule has 0 saturated carbocycles. The van der Waals surface area contributed by atoms with Crippen LogP contribution in [0.5, 0.6) is 0 Å². The molecule has 11 heavy (non-hydrogen) atoms. The number of methoxy groups -OCH3 is 1.